The highest BCUT2D eigenvalue weighted by molar-refractivity contribution is 9.10. The monoisotopic (exact) mass is 347 g/mol. The van der Waals surface area contributed by atoms with Crippen LogP contribution in [0.1, 0.15) is 36.0 Å². The van der Waals surface area contributed by atoms with Gasteiger partial charge in [-0.2, -0.15) is 0 Å². The quantitative estimate of drug-likeness (QED) is 0.815. The van der Waals surface area contributed by atoms with Crippen LogP contribution < -0.4 is 5.32 Å². The molecule has 1 aromatic rings. The molecule has 0 heterocycles. The van der Waals surface area contributed by atoms with E-state index in [0.29, 0.717) is 22.5 Å². The van der Waals surface area contributed by atoms with Crippen molar-refractivity contribution in [2.75, 3.05) is 12.4 Å². The summed E-state index contributed by atoms with van der Waals surface area (Å²) in [5.41, 5.74) is 0.333. The average molecular weight is 349 g/mol. The first-order valence-electron chi connectivity index (χ1n) is 6.36. The third-order valence-electron chi connectivity index (χ3n) is 3.74. The van der Waals surface area contributed by atoms with Crippen LogP contribution in [0.25, 0.3) is 0 Å². The third-order valence-corrected chi connectivity index (χ3v) is 5.00. The van der Waals surface area contributed by atoms with E-state index in [1.165, 1.54) is 18.2 Å². The van der Waals surface area contributed by atoms with Crippen LogP contribution in [0.4, 0.5) is 4.39 Å². The molecule has 104 valence electrons. The van der Waals surface area contributed by atoms with Crippen molar-refractivity contribution in [3.05, 3.63) is 34.1 Å². The number of carbonyl (C=O) groups excluding carboxylic acids is 1. The number of amides is 1. The Morgan fingerprint density at radius 3 is 2.74 bits per heavy atom. The molecule has 0 radical (unpaired) electrons. The van der Waals surface area contributed by atoms with Crippen molar-refractivity contribution in [1.82, 2.24) is 5.32 Å². The van der Waals surface area contributed by atoms with Crippen molar-refractivity contribution in [3.63, 3.8) is 0 Å². The largest absolute Gasteiger partial charge is 0.351 e. The topological polar surface area (TPSA) is 29.1 Å². The van der Waals surface area contributed by atoms with Gasteiger partial charge in [-0.05, 0) is 47.0 Å². The van der Waals surface area contributed by atoms with Crippen molar-refractivity contribution in [1.29, 1.82) is 0 Å². The Morgan fingerprint density at radius 1 is 1.42 bits per heavy atom. The van der Waals surface area contributed by atoms with Gasteiger partial charge in [0.15, 0.2) is 0 Å². The number of hydrogen-bond donors (Lipinski definition) is 1. The smallest absolute Gasteiger partial charge is 0.252 e. The van der Waals surface area contributed by atoms with E-state index in [0.717, 1.165) is 25.7 Å². The van der Waals surface area contributed by atoms with Crippen molar-refractivity contribution in [3.8, 4) is 0 Å². The van der Waals surface area contributed by atoms with Crippen LogP contribution in [0.5, 0.6) is 0 Å². The Balaban J connectivity index is 2.03. The van der Waals surface area contributed by atoms with Crippen LogP contribution in [0.2, 0.25) is 0 Å². The van der Waals surface area contributed by atoms with Gasteiger partial charge in [-0.1, -0.05) is 12.8 Å². The van der Waals surface area contributed by atoms with Crippen molar-refractivity contribution >= 4 is 33.4 Å². The molecule has 0 unspecified atom stereocenters. The SMILES string of the molecule is O=C(NCC1(CCl)CCCC1)c1cc(F)ccc1Br. The van der Waals surface area contributed by atoms with Crippen LogP contribution in [0, 0.1) is 11.2 Å². The molecular weight excluding hydrogens is 333 g/mol. The predicted octanol–water partition coefficient (Wildman–Crippen LogP) is 4.12. The summed E-state index contributed by atoms with van der Waals surface area (Å²) in [7, 11) is 0. The first-order valence-corrected chi connectivity index (χ1v) is 7.68. The molecule has 0 saturated heterocycles. The van der Waals surface area contributed by atoms with Crippen LogP contribution in [-0.2, 0) is 0 Å². The second-order valence-corrected chi connectivity index (χ2v) is 6.27. The zero-order valence-electron chi connectivity index (χ0n) is 10.5. The molecule has 0 spiro atoms. The first-order chi connectivity index (χ1) is 9.06. The fourth-order valence-corrected chi connectivity index (χ4v) is 3.31. The summed E-state index contributed by atoms with van der Waals surface area (Å²) < 4.78 is 13.8. The van der Waals surface area contributed by atoms with E-state index >= 15 is 0 Å². The summed E-state index contributed by atoms with van der Waals surface area (Å²) >= 11 is 9.29. The molecule has 0 aromatic heterocycles. The second kappa shape index (κ2) is 6.23. The van der Waals surface area contributed by atoms with Gasteiger partial charge in [0.2, 0.25) is 0 Å². The van der Waals surface area contributed by atoms with Crippen LogP contribution in [0.3, 0.4) is 0 Å². The standard InChI is InChI=1S/C14H16BrClFNO/c15-12-4-3-10(17)7-11(12)13(19)18-9-14(8-16)5-1-2-6-14/h3-4,7H,1-2,5-6,8-9H2,(H,18,19). The van der Waals surface area contributed by atoms with Crippen molar-refractivity contribution in [2.45, 2.75) is 25.7 Å². The van der Waals surface area contributed by atoms with E-state index in [4.69, 9.17) is 11.6 Å². The van der Waals surface area contributed by atoms with E-state index in [9.17, 15) is 9.18 Å². The Hall–Kier alpha value is -0.610. The lowest BCUT2D eigenvalue weighted by molar-refractivity contribution is 0.0934. The highest BCUT2D eigenvalue weighted by Gasteiger charge is 2.33. The molecule has 5 heteroatoms. The molecule has 1 aromatic carbocycles. The van der Waals surface area contributed by atoms with Crippen LogP contribution in [0.15, 0.2) is 22.7 Å². The summed E-state index contributed by atoms with van der Waals surface area (Å²) in [6, 6.07) is 4.09. The molecule has 1 amide bonds. The molecule has 1 saturated carbocycles. The molecule has 2 nitrogen and oxygen atoms in total. The number of halogens is 3. The number of nitrogens with one attached hydrogen (secondary N) is 1. The maximum atomic E-state index is 13.2. The minimum atomic E-state index is -0.415. The lowest BCUT2D eigenvalue weighted by atomic mass is 9.88. The second-order valence-electron chi connectivity index (χ2n) is 5.15. The van der Waals surface area contributed by atoms with Crippen molar-refractivity contribution in [2.24, 2.45) is 5.41 Å². The molecule has 2 rings (SSSR count). The number of alkyl halides is 1. The normalized spacial score (nSPS) is 17.4. The lowest BCUT2D eigenvalue weighted by Gasteiger charge is -2.26. The van der Waals surface area contributed by atoms with Gasteiger partial charge in [0.05, 0.1) is 5.56 Å². The van der Waals surface area contributed by atoms with Crippen LogP contribution >= 0.6 is 27.5 Å². The van der Waals surface area contributed by atoms with E-state index in [-0.39, 0.29) is 11.3 Å². The molecule has 1 N–H and O–H groups in total. The molecule has 0 aliphatic heterocycles. The number of carbonyl (C=O) groups is 1. The highest BCUT2D eigenvalue weighted by Crippen LogP contribution is 2.38. The fraction of sp³-hybridized carbons (Fsp3) is 0.500. The van der Waals surface area contributed by atoms with E-state index in [1.54, 1.807) is 0 Å². The molecule has 19 heavy (non-hydrogen) atoms. The summed E-state index contributed by atoms with van der Waals surface area (Å²) in [5, 5.41) is 2.88. The Kier molecular flexibility index (Phi) is 4.85. The third kappa shape index (κ3) is 3.48. The summed E-state index contributed by atoms with van der Waals surface area (Å²) in [5.74, 6) is -0.124. The average Bonchev–Trinajstić information content (AvgIpc) is 2.88. The molecule has 1 aliphatic rings. The number of benzene rings is 1. The maximum absolute atomic E-state index is 13.2. The number of rotatable bonds is 4. The highest BCUT2D eigenvalue weighted by atomic mass is 79.9. The maximum Gasteiger partial charge on any atom is 0.252 e. The Bertz CT molecular complexity index is 475. The molecular formula is C14H16BrClFNO. The van der Waals surface area contributed by atoms with E-state index < -0.39 is 5.82 Å². The van der Waals surface area contributed by atoms with Gasteiger partial charge in [-0.25, -0.2) is 4.39 Å². The Labute approximate surface area is 125 Å². The van der Waals surface area contributed by atoms with E-state index in [2.05, 4.69) is 21.2 Å². The van der Waals surface area contributed by atoms with Gasteiger partial charge in [-0.3, -0.25) is 4.79 Å². The van der Waals surface area contributed by atoms with Gasteiger partial charge < -0.3 is 5.32 Å². The minimum absolute atomic E-state index is 0.0109. The van der Waals surface area contributed by atoms with E-state index in [1.807, 2.05) is 0 Å². The fourth-order valence-electron chi connectivity index (χ4n) is 2.52. The summed E-state index contributed by atoms with van der Waals surface area (Å²) in [6.45, 7) is 0.554. The zero-order chi connectivity index (χ0) is 13.9. The molecule has 0 atom stereocenters. The minimum Gasteiger partial charge on any atom is -0.351 e. The summed E-state index contributed by atoms with van der Waals surface area (Å²) in [4.78, 5) is 12.1. The number of hydrogen-bond acceptors (Lipinski definition) is 1. The lowest BCUT2D eigenvalue weighted by Crippen LogP contribution is -2.37. The zero-order valence-corrected chi connectivity index (χ0v) is 12.9. The molecule has 0 bridgehead atoms. The van der Waals surface area contributed by atoms with Gasteiger partial charge >= 0.3 is 0 Å². The molecule has 1 aliphatic carbocycles. The van der Waals surface area contributed by atoms with Gasteiger partial charge in [0.25, 0.3) is 5.91 Å². The van der Waals surface area contributed by atoms with Gasteiger partial charge in [0.1, 0.15) is 5.82 Å². The predicted molar refractivity (Wildman–Crippen MR) is 78.1 cm³/mol. The van der Waals surface area contributed by atoms with Crippen molar-refractivity contribution < 1.29 is 9.18 Å². The Morgan fingerprint density at radius 2 is 2.11 bits per heavy atom. The van der Waals surface area contributed by atoms with Gasteiger partial charge in [0, 0.05) is 22.3 Å². The molecule has 1 fully saturated rings. The van der Waals surface area contributed by atoms with Crippen LogP contribution in [-0.4, -0.2) is 18.3 Å². The van der Waals surface area contributed by atoms with Gasteiger partial charge in [-0.15, -0.1) is 11.6 Å². The first kappa shape index (κ1) is 14.8. The summed E-state index contributed by atoms with van der Waals surface area (Å²) in [6.07, 6.45) is 4.40.